The smallest absolute Gasteiger partial charge is 0.435 e. The number of alkyl halides is 3. The van der Waals surface area contributed by atoms with Gasteiger partial charge in [0.2, 0.25) is 0 Å². The quantitative estimate of drug-likeness (QED) is 0.768. The second kappa shape index (κ2) is 8.24. The molecule has 0 aliphatic heterocycles. The lowest BCUT2D eigenvalue weighted by Gasteiger charge is -2.15. The molecule has 2 aromatic rings. The van der Waals surface area contributed by atoms with Crippen LogP contribution in [-0.4, -0.2) is 33.3 Å². The Morgan fingerprint density at radius 2 is 1.96 bits per heavy atom. The van der Waals surface area contributed by atoms with Gasteiger partial charge in [0.25, 0.3) is 5.91 Å². The number of benzene rings is 1. The summed E-state index contributed by atoms with van der Waals surface area (Å²) in [6, 6.07) is 6.76. The molecule has 27 heavy (non-hydrogen) atoms. The molecular formula is C18H20F3N3O3. The molecule has 1 amide bonds. The molecule has 0 saturated carbocycles. The molecule has 1 aromatic carbocycles. The summed E-state index contributed by atoms with van der Waals surface area (Å²) in [6.07, 6.45) is -2.98. The first kappa shape index (κ1) is 20.5. The van der Waals surface area contributed by atoms with Crippen LogP contribution in [0.1, 0.15) is 36.3 Å². The van der Waals surface area contributed by atoms with Gasteiger partial charge in [-0.25, -0.2) is 4.68 Å². The molecule has 6 nitrogen and oxygen atoms in total. The van der Waals surface area contributed by atoms with Gasteiger partial charge >= 0.3 is 12.1 Å². The van der Waals surface area contributed by atoms with Crippen LogP contribution < -0.4 is 5.32 Å². The highest BCUT2D eigenvalue weighted by atomic mass is 19.4. The van der Waals surface area contributed by atoms with Crippen LogP contribution in [0.15, 0.2) is 36.5 Å². The summed E-state index contributed by atoms with van der Waals surface area (Å²) in [5.74, 6) is -2.05. The molecule has 2 rings (SSSR count). The van der Waals surface area contributed by atoms with Crippen molar-refractivity contribution < 1.29 is 27.9 Å². The van der Waals surface area contributed by atoms with E-state index < -0.39 is 29.7 Å². The van der Waals surface area contributed by atoms with Gasteiger partial charge < -0.3 is 10.4 Å². The average Bonchev–Trinajstić information content (AvgIpc) is 3.08. The molecule has 1 aromatic heterocycles. The third-order valence-corrected chi connectivity index (χ3v) is 3.87. The van der Waals surface area contributed by atoms with Crippen LogP contribution in [-0.2, 0) is 11.0 Å². The molecule has 1 unspecified atom stereocenters. The van der Waals surface area contributed by atoms with Crippen molar-refractivity contribution in [1.29, 1.82) is 0 Å². The molecule has 1 heterocycles. The fourth-order valence-electron chi connectivity index (χ4n) is 2.57. The van der Waals surface area contributed by atoms with Crippen molar-refractivity contribution >= 4 is 11.9 Å². The molecule has 2 N–H and O–H groups in total. The van der Waals surface area contributed by atoms with E-state index in [2.05, 4.69) is 10.4 Å². The Morgan fingerprint density at radius 3 is 2.52 bits per heavy atom. The minimum absolute atomic E-state index is 0.0312. The number of aromatic nitrogens is 2. The number of carbonyl (C=O) groups is 2. The Labute approximate surface area is 154 Å². The van der Waals surface area contributed by atoms with E-state index in [1.54, 1.807) is 0 Å². The van der Waals surface area contributed by atoms with Crippen molar-refractivity contribution in [3.8, 4) is 5.69 Å². The van der Waals surface area contributed by atoms with Gasteiger partial charge in [-0.1, -0.05) is 19.9 Å². The average molecular weight is 383 g/mol. The van der Waals surface area contributed by atoms with Crippen LogP contribution in [0.5, 0.6) is 0 Å². The summed E-state index contributed by atoms with van der Waals surface area (Å²) in [6.45, 7) is 3.75. The van der Waals surface area contributed by atoms with Crippen molar-refractivity contribution in [2.45, 2.75) is 26.4 Å². The summed E-state index contributed by atoms with van der Waals surface area (Å²) < 4.78 is 39.0. The molecule has 1 atom stereocenters. The first-order valence-corrected chi connectivity index (χ1v) is 8.32. The maximum atomic E-state index is 12.7. The molecule has 0 fully saturated rings. The Balaban J connectivity index is 2.11. The predicted octanol–water partition coefficient (Wildman–Crippen LogP) is 3.37. The highest BCUT2D eigenvalue weighted by molar-refractivity contribution is 5.94. The van der Waals surface area contributed by atoms with Crippen LogP contribution in [0.3, 0.4) is 0 Å². The first-order valence-electron chi connectivity index (χ1n) is 8.32. The van der Waals surface area contributed by atoms with Crippen molar-refractivity contribution in [3.05, 3.63) is 47.8 Å². The zero-order chi connectivity index (χ0) is 20.2. The van der Waals surface area contributed by atoms with Crippen LogP contribution in [0, 0.1) is 11.8 Å². The van der Waals surface area contributed by atoms with Gasteiger partial charge in [-0.15, -0.1) is 0 Å². The maximum absolute atomic E-state index is 12.7. The van der Waals surface area contributed by atoms with Crippen LogP contribution in [0.4, 0.5) is 13.2 Å². The third kappa shape index (κ3) is 5.57. The largest absolute Gasteiger partial charge is 0.481 e. The standard InChI is InChI=1S/C18H20F3N3O3/c1-11(2)8-13(17(26)27)10-22-16(25)12-4-3-5-14(9-12)24-7-6-15(23-24)18(19,20)21/h3-7,9,11,13H,8,10H2,1-2H3,(H,22,25)(H,26,27). The van der Waals surface area contributed by atoms with Gasteiger partial charge in [0.1, 0.15) is 0 Å². The van der Waals surface area contributed by atoms with Gasteiger partial charge in [0.15, 0.2) is 5.69 Å². The van der Waals surface area contributed by atoms with E-state index >= 15 is 0 Å². The Morgan fingerprint density at radius 1 is 1.26 bits per heavy atom. The molecule has 0 bridgehead atoms. The molecule has 9 heteroatoms. The van der Waals surface area contributed by atoms with E-state index in [9.17, 15) is 27.9 Å². The van der Waals surface area contributed by atoms with Crippen LogP contribution >= 0.6 is 0 Å². The molecule has 0 spiro atoms. The number of hydrogen-bond donors (Lipinski definition) is 2. The van der Waals surface area contributed by atoms with Crippen molar-refractivity contribution in [3.63, 3.8) is 0 Å². The maximum Gasteiger partial charge on any atom is 0.435 e. The van der Waals surface area contributed by atoms with Crippen LogP contribution in [0.2, 0.25) is 0 Å². The molecule has 0 aliphatic rings. The lowest BCUT2D eigenvalue weighted by molar-refractivity contribution is -0.142. The number of rotatable bonds is 7. The van der Waals surface area contributed by atoms with E-state index in [0.29, 0.717) is 6.42 Å². The second-order valence-electron chi connectivity index (χ2n) is 6.57. The van der Waals surface area contributed by atoms with Crippen molar-refractivity contribution in [1.82, 2.24) is 15.1 Å². The SMILES string of the molecule is CC(C)CC(CNC(=O)c1cccc(-n2ccc(C(F)(F)F)n2)c1)C(=O)O. The van der Waals surface area contributed by atoms with E-state index in [1.807, 2.05) is 13.8 Å². The normalized spacial score (nSPS) is 12.8. The van der Waals surface area contributed by atoms with E-state index in [4.69, 9.17) is 0 Å². The zero-order valence-corrected chi connectivity index (χ0v) is 14.8. The second-order valence-corrected chi connectivity index (χ2v) is 6.57. The molecular weight excluding hydrogens is 363 g/mol. The number of amides is 1. The molecule has 0 saturated heterocycles. The number of carboxylic acid groups (broad SMARTS) is 1. The zero-order valence-electron chi connectivity index (χ0n) is 14.8. The van der Waals surface area contributed by atoms with Crippen molar-refractivity contribution in [2.75, 3.05) is 6.54 Å². The Kier molecular flexibility index (Phi) is 6.24. The van der Waals surface area contributed by atoms with Crippen LogP contribution in [0.25, 0.3) is 5.69 Å². The number of carboxylic acids is 1. The van der Waals surface area contributed by atoms with Crippen molar-refractivity contribution in [2.24, 2.45) is 11.8 Å². The Hall–Kier alpha value is -2.84. The number of nitrogens with one attached hydrogen (secondary N) is 1. The summed E-state index contributed by atoms with van der Waals surface area (Å²) in [4.78, 5) is 23.5. The van der Waals surface area contributed by atoms with Gasteiger partial charge in [-0.3, -0.25) is 9.59 Å². The van der Waals surface area contributed by atoms with E-state index in [0.717, 1.165) is 16.9 Å². The van der Waals surface area contributed by atoms with E-state index in [1.165, 1.54) is 24.3 Å². The number of halogens is 3. The molecule has 0 aliphatic carbocycles. The minimum atomic E-state index is -4.55. The topological polar surface area (TPSA) is 84.2 Å². The summed E-state index contributed by atoms with van der Waals surface area (Å²) in [7, 11) is 0. The molecule has 146 valence electrons. The monoisotopic (exact) mass is 383 g/mol. The Bertz CT molecular complexity index is 815. The van der Waals surface area contributed by atoms with Gasteiger partial charge in [0, 0.05) is 18.3 Å². The lowest BCUT2D eigenvalue weighted by Crippen LogP contribution is -2.33. The number of nitrogens with zero attached hydrogens (tertiary/aromatic N) is 2. The van der Waals surface area contributed by atoms with Gasteiger partial charge in [0.05, 0.1) is 11.6 Å². The van der Waals surface area contributed by atoms with Gasteiger partial charge in [-0.2, -0.15) is 18.3 Å². The van der Waals surface area contributed by atoms with Gasteiger partial charge in [-0.05, 0) is 36.6 Å². The number of carbonyl (C=O) groups excluding carboxylic acids is 1. The van der Waals surface area contributed by atoms with E-state index in [-0.39, 0.29) is 23.7 Å². The number of hydrogen-bond acceptors (Lipinski definition) is 3. The fraction of sp³-hybridized carbons (Fsp3) is 0.389. The first-order chi connectivity index (χ1) is 12.6. The third-order valence-electron chi connectivity index (χ3n) is 3.87. The lowest BCUT2D eigenvalue weighted by atomic mass is 9.97. The molecule has 0 radical (unpaired) electrons. The fourth-order valence-corrected chi connectivity index (χ4v) is 2.57. The number of aliphatic carboxylic acids is 1. The predicted molar refractivity (Wildman–Crippen MR) is 91.5 cm³/mol. The highest BCUT2D eigenvalue weighted by Crippen LogP contribution is 2.28. The minimum Gasteiger partial charge on any atom is -0.481 e. The summed E-state index contributed by atoms with van der Waals surface area (Å²) in [5, 5.41) is 15.2. The summed E-state index contributed by atoms with van der Waals surface area (Å²) in [5.41, 5.74) is -0.546. The summed E-state index contributed by atoms with van der Waals surface area (Å²) >= 11 is 0. The highest BCUT2D eigenvalue weighted by Gasteiger charge is 2.33.